The average Bonchev–Trinajstić information content (AvgIpc) is 2.57. The van der Waals surface area contributed by atoms with E-state index >= 15 is 0 Å². The highest BCUT2D eigenvalue weighted by Gasteiger charge is 2.04. The van der Waals surface area contributed by atoms with Gasteiger partial charge in [-0.3, -0.25) is 0 Å². The third-order valence-corrected chi connectivity index (χ3v) is 3.72. The number of ether oxygens (including phenoxy) is 2. The normalized spacial score (nSPS) is 10.1. The van der Waals surface area contributed by atoms with Crippen LogP contribution in [0.1, 0.15) is 5.56 Å². The van der Waals surface area contributed by atoms with E-state index in [0.717, 1.165) is 11.3 Å². The predicted molar refractivity (Wildman–Crippen MR) is 95.2 cm³/mol. The Bertz CT molecular complexity index is 695. The zero-order chi connectivity index (χ0) is 17.4. The molecule has 0 radical (unpaired) electrons. The van der Waals surface area contributed by atoms with Gasteiger partial charge in [-0.15, -0.1) is 0 Å². The van der Waals surface area contributed by atoms with Crippen molar-refractivity contribution in [2.45, 2.75) is 6.42 Å². The highest BCUT2D eigenvalue weighted by molar-refractivity contribution is 6.35. The topological polar surface area (TPSA) is 59.6 Å². The third kappa shape index (κ3) is 5.83. The van der Waals surface area contributed by atoms with Crippen molar-refractivity contribution in [1.29, 1.82) is 0 Å². The summed E-state index contributed by atoms with van der Waals surface area (Å²) in [4.78, 5) is 11.7. The number of carbonyl (C=O) groups excluding carboxylic acids is 1. The summed E-state index contributed by atoms with van der Waals surface area (Å²) in [5.41, 5.74) is 1.08. The minimum Gasteiger partial charge on any atom is -0.497 e. The van der Waals surface area contributed by atoms with Crippen LogP contribution in [-0.2, 0) is 6.42 Å². The molecule has 0 saturated heterocycles. The standard InChI is InChI=1S/C17H18Cl2N2O3/c1-23-14-4-2-3-12(9-14)7-8-20-17(22)21-11-24-16-6-5-13(18)10-15(16)19/h2-6,9-10H,7-8,11H2,1H3,(H2,20,21,22). The Kier molecular flexibility index (Phi) is 7.03. The number of halogens is 2. The molecule has 0 aliphatic rings. The van der Waals surface area contributed by atoms with Crippen LogP contribution in [0.5, 0.6) is 11.5 Å². The molecule has 7 heteroatoms. The Labute approximate surface area is 150 Å². The first-order chi connectivity index (χ1) is 11.6. The summed E-state index contributed by atoms with van der Waals surface area (Å²) in [6.45, 7) is 0.507. The number of urea groups is 1. The number of amides is 2. The molecular formula is C17H18Cl2N2O3. The van der Waals surface area contributed by atoms with Crippen LogP contribution in [0.15, 0.2) is 42.5 Å². The van der Waals surface area contributed by atoms with Crippen molar-refractivity contribution in [3.05, 3.63) is 58.1 Å². The molecule has 2 amide bonds. The summed E-state index contributed by atoms with van der Waals surface area (Å²) in [6.07, 6.45) is 0.703. The molecule has 0 aliphatic carbocycles. The number of hydrogen-bond acceptors (Lipinski definition) is 3. The second kappa shape index (κ2) is 9.25. The van der Waals surface area contributed by atoms with Crippen LogP contribution in [0.3, 0.4) is 0 Å². The van der Waals surface area contributed by atoms with E-state index in [1.807, 2.05) is 24.3 Å². The maximum absolute atomic E-state index is 11.7. The van der Waals surface area contributed by atoms with Gasteiger partial charge < -0.3 is 20.1 Å². The van der Waals surface area contributed by atoms with Crippen molar-refractivity contribution >= 4 is 29.2 Å². The van der Waals surface area contributed by atoms with Crippen molar-refractivity contribution in [1.82, 2.24) is 10.6 Å². The van der Waals surface area contributed by atoms with Gasteiger partial charge in [0.2, 0.25) is 0 Å². The highest BCUT2D eigenvalue weighted by Crippen LogP contribution is 2.27. The first-order valence-corrected chi connectivity index (χ1v) is 8.06. The molecule has 0 saturated carbocycles. The number of hydrogen-bond donors (Lipinski definition) is 2. The minimum absolute atomic E-state index is 0.00630. The lowest BCUT2D eigenvalue weighted by Crippen LogP contribution is -2.38. The fourth-order valence-corrected chi connectivity index (χ4v) is 2.45. The number of rotatable bonds is 7. The summed E-state index contributed by atoms with van der Waals surface area (Å²) in [5, 5.41) is 6.26. The SMILES string of the molecule is COc1cccc(CCNC(=O)NCOc2ccc(Cl)cc2Cl)c1. The lowest BCUT2D eigenvalue weighted by molar-refractivity contribution is 0.224. The average molecular weight is 369 g/mol. The third-order valence-electron chi connectivity index (χ3n) is 3.19. The van der Waals surface area contributed by atoms with Gasteiger partial charge in [-0.1, -0.05) is 35.3 Å². The van der Waals surface area contributed by atoms with Gasteiger partial charge in [-0.25, -0.2) is 4.79 Å². The fraction of sp³-hybridized carbons (Fsp3) is 0.235. The van der Waals surface area contributed by atoms with Gasteiger partial charge in [-0.2, -0.15) is 0 Å². The van der Waals surface area contributed by atoms with E-state index in [-0.39, 0.29) is 12.8 Å². The fourth-order valence-electron chi connectivity index (χ4n) is 1.98. The molecule has 0 bridgehead atoms. The van der Waals surface area contributed by atoms with Gasteiger partial charge in [0.25, 0.3) is 0 Å². The van der Waals surface area contributed by atoms with Crippen molar-refractivity contribution in [2.24, 2.45) is 0 Å². The van der Waals surface area contributed by atoms with Gasteiger partial charge in [0.15, 0.2) is 6.73 Å². The van der Waals surface area contributed by atoms with Crippen molar-refractivity contribution < 1.29 is 14.3 Å². The molecule has 5 nitrogen and oxygen atoms in total. The molecule has 2 aromatic carbocycles. The van der Waals surface area contributed by atoms with E-state index < -0.39 is 0 Å². The Morgan fingerprint density at radius 3 is 2.71 bits per heavy atom. The van der Waals surface area contributed by atoms with Crippen LogP contribution in [0.2, 0.25) is 10.0 Å². The van der Waals surface area contributed by atoms with E-state index in [1.165, 1.54) is 0 Å². The molecule has 0 heterocycles. The second-order valence-electron chi connectivity index (χ2n) is 4.90. The van der Waals surface area contributed by atoms with Crippen LogP contribution in [0.25, 0.3) is 0 Å². The van der Waals surface area contributed by atoms with Gasteiger partial charge in [0.05, 0.1) is 12.1 Å². The lowest BCUT2D eigenvalue weighted by atomic mass is 10.1. The molecular weight excluding hydrogens is 351 g/mol. The van der Waals surface area contributed by atoms with Gasteiger partial charge in [-0.05, 0) is 42.3 Å². The van der Waals surface area contributed by atoms with E-state index in [0.29, 0.717) is 28.8 Å². The predicted octanol–water partition coefficient (Wildman–Crippen LogP) is 3.88. The Balaban J connectivity index is 1.68. The molecule has 0 aliphatic heterocycles. The monoisotopic (exact) mass is 368 g/mol. The Hall–Kier alpha value is -2.11. The van der Waals surface area contributed by atoms with Crippen LogP contribution in [-0.4, -0.2) is 26.4 Å². The summed E-state index contributed by atoms with van der Waals surface area (Å²) in [5.74, 6) is 1.25. The molecule has 2 N–H and O–H groups in total. The van der Waals surface area contributed by atoms with Crippen LogP contribution < -0.4 is 20.1 Å². The van der Waals surface area contributed by atoms with Gasteiger partial charge in [0, 0.05) is 11.6 Å². The molecule has 0 spiro atoms. The van der Waals surface area contributed by atoms with E-state index in [1.54, 1.807) is 25.3 Å². The van der Waals surface area contributed by atoms with E-state index in [2.05, 4.69) is 10.6 Å². The van der Waals surface area contributed by atoms with Crippen molar-refractivity contribution in [3.63, 3.8) is 0 Å². The zero-order valence-corrected chi connectivity index (χ0v) is 14.7. The Morgan fingerprint density at radius 2 is 1.96 bits per heavy atom. The summed E-state index contributed by atoms with van der Waals surface area (Å²) < 4.78 is 10.5. The molecule has 2 rings (SSSR count). The molecule has 0 fully saturated rings. The quantitative estimate of drug-likeness (QED) is 0.729. The number of nitrogens with one attached hydrogen (secondary N) is 2. The second-order valence-corrected chi connectivity index (χ2v) is 5.74. The molecule has 0 atom stereocenters. The minimum atomic E-state index is -0.317. The van der Waals surface area contributed by atoms with Gasteiger partial charge >= 0.3 is 6.03 Å². The molecule has 0 unspecified atom stereocenters. The van der Waals surface area contributed by atoms with Crippen molar-refractivity contribution in [3.8, 4) is 11.5 Å². The van der Waals surface area contributed by atoms with E-state index in [4.69, 9.17) is 32.7 Å². The largest absolute Gasteiger partial charge is 0.497 e. The Morgan fingerprint density at radius 1 is 1.12 bits per heavy atom. The summed E-state index contributed by atoms with van der Waals surface area (Å²) in [6, 6.07) is 12.3. The zero-order valence-electron chi connectivity index (χ0n) is 13.1. The highest BCUT2D eigenvalue weighted by atomic mass is 35.5. The smallest absolute Gasteiger partial charge is 0.317 e. The molecule has 128 valence electrons. The molecule has 24 heavy (non-hydrogen) atoms. The van der Waals surface area contributed by atoms with Crippen LogP contribution >= 0.6 is 23.2 Å². The molecule has 0 aromatic heterocycles. The van der Waals surface area contributed by atoms with E-state index in [9.17, 15) is 4.79 Å². The maximum atomic E-state index is 11.7. The lowest BCUT2D eigenvalue weighted by Gasteiger charge is -2.11. The van der Waals surface area contributed by atoms with Crippen LogP contribution in [0.4, 0.5) is 4.79 Å². The number of benzene rings is 2. The van der Waals surface area contributed by atoms with Crippen molar-refractivity contribution in [2.75, 3.05) is 20.4 Å². The number of carbonyl (C=O) groups is 1. The first kappa shape index (κ1) is 18.2. The number of methoxy groups -OCH3 is 1. The van der Waals surface area contributed by atoms with Crippen LogP contribution in [0, 0.1) is 0 Å². The summed E-state index contributed by atoms with van der Waals surface area (Å²) in [7, 11) is 1.62. The molecule has 2 aromatic rings. The summed E-state index contributed by atoms with van der Waals surface area (Å²) >= 11 is 11.8. The first-order valence-electron chi connectivity index (χ1n) is 7.31. The van der Waals surface area contributed by atoms with Gasteiger partial charge in [0.1, 0.15) is 11.5 Å². The maximum Gasteiger partial charge on any atom is 0.317 e.